The van der Waals surface area contributed by atoms with Crippen LogP contribution in [0.5, 0.6) is 0 Å². The van der Waals surface area contributed by atoms with Crippen molar-refractivity contribution in [1.82, 2.24) is 4.90 Å². The number of imide groups is 1. The van der Waals surface area contributed by atoms with Crippen molar-refractivity contribution in [2.75, 3.05) is 18.5 Å². The first kappa shape index (κ1) is 12.8. The van der Waals surface area contributed by atoms with Crippen LogP contribution in [-0.4, -0.2) is 47.6 Å². The van der Waals surface area contributed by atoms with Crippen LogP contribution >= 0.6 is 15.9 Å². The van der Waals surface area contributed by atoms with Crippen LogP contribution < -0.4 is 0 Å². The highest BCUT2D eigenvalue weighted by Crippen LogP contribution is 2.26. The molecule has 0 unspecified atom stereocenters. The van der Waals surface area contributed by atoms with E-state index in [-0.39, 0.29) is 24.1 Å². The van der Waals surface area contributed by atoms with E-state index in [0.29, 0.717) is 29.7 Å². The molecule has 1 aromatic rings. The second-order valence-electron chi connectivity index (χ2n) is 4.43. The third-order valence-electron chi connectivity index (χ3n) is 3.27. The second kappa shape index (κ2) is 5.03. The van der Waals surface area contributed by atoms with Gasteiger partial charge in [-0.1, -0.05) is 28.1 Å². The maximum atomic E-state index is 12.2. The fraction of sp³-hybridized carbons (Fsp3) is 0.385. The Morgan fingerprint density at radius 2 is 1.63 bits per heavy atom. The molecule has 0 spiro atoms. The summed E-state index contributed by atoms with van der Waals surface area (Å²) in [4.78, 5) is 25.7. The minimum Gasteiger partial charge on any atom is -0.350 e. The Morgan fingerprint density at radius 3 is 2.11 bits per heavy atom. The number of ether oxygens (including phenoxy) is 2. The second-order valence-corrected chi connectivity index (χ2v) is 5.08. The van der Waals surface area contributed by atoms with Gasteiger partial charge in [-0.3, -0.25) is 14.5 Å². The third-order valence-corrected chi connectivity index (χ3v) is 3.79. The molecule has 0 N–H and O–H groups in total. The minimum atomic E-state index is -0.359. The molecule has 0 saturated carbocycles. The number of hydrogen-bond donors (Lipinski definition) is 0. The zero-order valence-corrected chi connectivity index (χ0v) is 11.6. The van der Waals surface area contributed by atoms with Crippen molar-refractivity contribution < 1.29 is 19.1 Å². The van der Waals surface area contributed by atoms with E-state index in [4.69, 9.17) is 9.47 Å². The number of carbonyl (C=O) groups excluding carboxylic acids is 2. The molecule has 3 rings (SSSR count). The smallest absolute Gasteiger partial charge is 0.261 e. The molecule has 2 aliphatic rings. The summed E-state index contributed by atoms with van der Waals surface area (Å²) < 4.78 is 10.9. The van der Waals surface area contributed by atoms with E-state index in [0.717, 1.165) is 0 Å². The van der Waals surface area contributed by atoms with Crippen LogP contribution in [0.25, 0.3) is 0 Å². The standard InChI is InChI=1S/C13H12BrNO4/c14-5-11-18-6-8(7-19-11)15-12(16)9-3-1-2-4-10(9)13(15)17/h1-4,8,11H,5-7H2/t8-,11-. The lowest BCUT2D eigenvalue weighted by Gasteiger charge is -2.32. The summed E-state index contributed by atoms with van der Waals surface area (Å²) in [6.45, 7) is 0.615. The molecular weight excluding hydrogens is 314 g/mol. The van der Waals surface area contributed by atoms with Gasteiger partial charge in [0.05, 0.1) is 35.7 Å². The molecule has 0 aliphatic carbocycles. The van der Waals surface area contributed by atoms with Gasteiger partial charge in [-0.05, 0) is 12.1 Å². The van der Waals surface area contributed by atoms with Crippen molar-refractivity contribution in [3.63, 3.8) is 0 Å². The first-order chi connectivity index (χ1) is 9.22. The molecular formula is C13H12BrNO4. The molecule has 0 radical (unpaired) electrons. The topological polar surface area (TPSA) is 55.8 Å². The SMILES string of the molecule is O=C1c2ccccc2C(=O)N1[C@H]1CO[C@H](CBr)OC1. The van der Waals surface area contributed by atoms with Gasteiger partial charge in [0.2, 0.25) is 0 Å². The predicted octanol–water partition coefficient (Wildman–Crippen LogP) is 1.42. The van der Waals surface area contributed by atoms with Gasteiger partial charge < -0.3 is 9.47 Å². The summed E-state index contributed by atoms with van der Waals surface area (Å²) in [5, 5.41) is 0.571. The molecule has 1 aromatic carbocycles. The molecule has 2 aliphatic heterocycles. The Labute approximate surface area is 118 Å². The molecule has 2 amide bonds. The Hall–Kier alpha value is -1.24. The lowest BCUT2D eigenvalue weighted by molar-refractivity contribution is -0.183. The van der Waals surface area contributed by atoms with Gasteiger partial charge in [0, 0.05) is 0 Å². The monoisotopic (exact) mass is 325 g/mol. The van der Waals surface area contributed by atoms with E-state index in [1.807, 2.05) is 0 Å². The fourth-order valence-corrected chi connectivity index (χ4v) is 2.68. The summed E-state index contributed by atoms with van der Waals surface area (Å²) in [6.07, 6.45) is -0.313. The lowest BCUT2D eigenvalue weighted by atomic mass is 10.1. The van der Waals surface area contributed by atoms with Gasteiger partial charge in [0.15, 0.2) is 6.29 Å². The van der Waals surface area contributed by atoms with Crippen LogP contribution in [-0.2, 0) is 9.47 Å². The Kier molecular flexibility index (Phi) is 3.38. The number of rotatable bonds is 2. The Morgan fingerprint density at radius 1 is 1.11 bits per heavy atom. The van der Waals surface area contributed by atoms with Gasteiger partial charge >= 0.3 is 0 Å². The highest BCUT2D eigenvalue weighted by atomic mass is 79.9. The molecule has 1 saturated heterocycles. The Balaban J connectivity index is 1.81. The van der Waals surface area contributed by atoms with Crippen molar-refractivity contribution in [2.24, 2.45) is 0 Å². The van der Waals surface area contributed by atoms with Crippen LogP contribution in [0.2, 0.25) is 0 Å². The van der Waals surface area contributed by atoms with Gasteiger partial charge in [0.1, 0.15) is 0 Å². The van der Waals surface area contributed by atoms with Gasteiger partial charge in [-0.15, -0.1) is 0 Å². The number of halogens is 1. The van der Waals surface area contributed by atoms with Crippen LogP contribution in [0.3, 0.4) is 0 Å². The highest BCUT2D eigenvalue weighted by molar-refractivity contribution is 9.09. The molecule has 100 valence electrons. The van der Waals surface area contributed by atoms with Crippen LogP contribution in [0.15, 0.2) is 24.3 Å². The van der Waals surface area contributed by atoms with Crippen LogP contribution in [0, 0.1) is 0 Å². The van der Waals surface area contributed by atoms with E-state index in [9.17, 15) is 9.59 Å². The van der Waals surface area contributed by atoms with E-state index < -0.39 is 0 Å². The zero-order valence-electron chi connectivity index (χ0n) is 10.0. The van der Waals surface area contributed by atoms with Crippen molar-refractivity contribution in [3.05, 3.63) is 35.4 Å². The average Bonchev–Trinajstić information content (AvgIpc) is 2.72. The van der Waals surface area contributed by atoms with Gasteiger partial charge in [-0.25, -0.2) is 0 Å². The third kappa shape index (κ3) is 2.09. The molecule has 0 aromatic heterocycles. The number of amides is 2. The highest BCUT2D eigenvalue weighted by Gasteiger charge is 2.41. The molecule has 2 heterocycles. The van der Waals surface area contributed by atoms with Gasteiger partial charge in [-0.2, -0.15) is 0 Å². The van der Waals surface area contributed by atoms with E-state index >= 15 is 0 Å². The molecule has 1 fully saturated rings. The fourth-order valence-electron chi connectivity index (χ4n) is 2.31. The normalized spacial score (nSPS) is 26.7. The van der Waals surface area contributed by atoms with Crippen LogP contribution in [0.1, 0.15) is 20.7 Å². The molecule has 0 atom stereocenters. The molecule has 5 nitrogen and oxygen atoms in total. The summed E-state index contributed by atoms with van der Waals surface area (Å²) in [6, 6.07) is 6.48. The number of fused-ring (bicyclic) bond motifs is 1. The van der Waals surface area contributed by atoms with Crippen molar-refractivity contribution >= 4 is 27.7 Å². The van der Waals surface area contributed by atoms with E-state index in [1.165, 1.54) is 4.90 Å². The maximum Gasteiger partial charge on any atom is 0.261 e. The number of nitrogens with zero attached hydrogens (tertiary/aromatic N) is 1. The zero-order chi connectivity index (χ0) is 13.4. The van der Waals surface area contributed by atoms with Crippen molar-refractivity contribution in [3.8, 4) is 0 Å². The molecule has 19 heavy (non-hydrogen) atoms. The number of alkyl halides is 1. The number of hydrogen-bond acceptors (Lipinski definition) is 4. The summed E-state index contributed by atoms with van der Waals surface area (Å²) >= 11 is 3.26. The first-order valence-electron chi connectivity index (χ1n) is 5.98. The molecule has 6 heteroatoms. The minimum absolute atomic E-state index is 0.268. The summed E-state index contributed by atoms with van der Waals surface area (Å²) in [7, 11) is 0. The van der Waals surface area contributed by atoms with E-state index in [2.05, 4.69) is 15.9 Å². The Bertz CT molecular complexity index is 490. The summed E-state index contributed by atoms with van der Waals surface area (Å²) in [5.41, 5.74) is 0.908. The lowest BCUT2D eigenvalue weighted by Crippen LogP contribution is -2.50. The summed E-state index contributed by atoms with van der Waals surface area (Å²) in [5.74, 6) is -0.537. The molecule has 0 bridgehead atoms. The quantitative estimate of drug-likeness (QED) is 0.609. The number of benzene rings is 1. The van der Waals surface area contributed by atoms with Gasteiger partial charge in [0.25, 0.3) is 11.8 Å². The maximum absolute atomic E-state index is 12.2. The van der Waals surface area contributed by atoms with Crippen LogP contribution in [0.4, 0.5) is 0 Å². The number of carbonyl (C=O) groups is 2. The van der Waals surface area contributed by atoms with Crippen molar-refractivity contribution in [2.45, 2.75) is 12.3 Å². The largest absolute Gasteiger partial charge is 0.350 e. The first-order valence-corrected chi connectivity index (χ1v) is 7.10. The van der Waals surface area contributed by atoms with Crippen molar-refractivity contribution in [1.29, 1.82) is 0 Å². The average molecular weight is 326 g/mol. The van der Waals surface area contributed by atoms with E-state index in [1.54, 1.807) is 24.3 Å². The predicted molar refractivity (Wildman–Crippen MR) is 70.2 cm³/mol.